The van der Waals surface area contributed by atoms with Crippen LogP contribution in [0.5, 0.6) is 0 Å². The van der Waals surface area contributed by atoms with Crippen LogP contribution in [0, 0.1) is 17.6 Å². The average molecular weight is 270 g/mol. The highest BCUT2D eigenvalue weighted by molar-refractivity contribution is 7.80. The Hall–Kier alpha value is -1.23. The summed E-state index contributed by atoms with van der Waals surface area (Å²) < 4.78 is 27.8. The van der Waals surface area contributed by atoms with Crippen LogP contribution in [-0.2, 0) is 0 Å². The molecule has 2 rings (SSSR count). The van der Waals surface area contributed by atoms with Crippen LogP contribution >= 0.6 is 12.2 Å². The molecule has 1 aromatic rings. The maximum Gasteiger partial charge on any atom is 0.150 e. The summed E-state index contributed by atoms with van der Waals surface area (Å²) in [5.74, 6) is -0.677. The van der Waals surface area contributed by atoms with Crippen LogP contribution in [0.3, 0.4) is 0 Å². The van der Waals surface area contributed by atoms with Crippen molar-refractivity contribution in [2.45, 2.75) is 19.3 Å². The minimum atomic E-state index is -0.611. The lowest BCUT2D eigenvalue weighted by Crippen LogP contribution is -2.30. The molecule has 1 aliphatic rings. The van der Waals surface area contributed by atoms with Crippen LogP contribution in [0.25, 0.3) is 0 Å². The van der Waals surface area contributed by atoms with Gasteiger partial charge in [0.2, 0.25) is 0 Å². The van der Waals surface area contributed by atoms with Gasteiger partial charge in [0.05, 0.1) is 0 Å². The van der Waals surface area contributed by atoms with Gasteiger partial charge in [-0.15, -0.1) is 0 Å². The molecule has 0 saturated heterocycles. The largest absolute Gasteiger partial charge is 0.389 e. The lowest BCUT2D eigenvalue weighted by Gasteiger charge is -2.31. The highest BCUT2D eigenvalue weighted by Crippen LogP contribution is 2.30. The Morgan fingerprint density at radius 1 is 1.39 bits per heavy atom. The van der Waals surface area contributed by atoms with Crippen LogP contribution in [0.2, 0.25) is 0 Å². The highest BCUT2D eigenvalue weighted by atomic mass is 32.1. The summed E-state index contributed by atoms with van der Waals surface area (Å²) in [6, 6.07) is 2.38. The van der Waals surface area contributed by atoms with Gasteiger partial charge in [-0.1, -0.05) is 18.6 Å². The molecule has 2 nitrogen and oxygen atoms in total. The maximum atomic E-state index is 13.9. The highest BCUT2D eigenvalue weighted by Gasteiger charge is 2.22. The second-order valence-corrected chi connectivity index (χ2v) is 5.27. The summed E-state index contributed by atoms with van der Waals surface area (Å²) in [5.41, 5.74) is 5.60. The molecule has 18 heavy (non-hydrogen) atoms. The van der Waals surface area contributed by atoms with E-state index in [1.165, 1.54) is 18.6 Å². The van der Waals surface area contributed by atoms with E-state index in [4.69, 9.17) is 18.0 Å². The van der Waals surface area contributed by atoms with Gasteiger partial charge in [-0.05, 0) is 30.9 Å². The predicted octanol–water partition coefficient (Wildman–Crippen LogP) is 2.84. The van der Waals surface area contributed by atoms with Crippen molar-refractivity contribution in [3.05, 3.63) is 29.3 Å². The molecule has 1 aliphatic carbocycles. The molecular formula is C13H16F2N2S. The molecule has 0 amide bonds. The Bertz CT molecular complexity index is 449. The molecule has 0 bridgehead atoms. The number of hydrogen-bond acceptors (Lipinski definition) is 2. The molecule has 0 heterocycles. The van der Waals surface area contributed by atoms with Crippen molar-refractivity contribution in [2.75, 3.05) is 18.5 Å². The van der Waals surface area contributed by atoms with Crippen molar-refractivity contribution < 1.29 is 8.78 Å². The number of hydrogen-bond donors (Lipinski definition) is 1. The Kier molecular flexibility index (Phi) is 3.80. The minimum absolute atomic E-state index is 0.000922. The fourth-order valence-corrected chi connectivity index (χ4v) is 2.34. The standard InChI is InChI=1S/C13H16F2N2S/c1-17(7-8-3-2-4-8)12-10(14)5-9(13(16)18)6-11(12)15/h5-6,8H,2-4,7H2,1H3,(H2,16,18). The number of rotatable bonds is 4. The van der Waals surface area contributed by atoms with Crippen LogP contribution in [0.4, 0.5) is 14.5 Å². The first-order valence-corrected chi connectivity index (χ1v) is 6.40. The van der Waals surface area contributed by atoms with Gasteiger partial charge in [0.15, 0.2) is 0 Å². The minimum Gasteiger partial charge on any atom is -0.389 e. The monoisotopic (exact) mass is 270 g/mol. The zero-order valence-corrected chi connectivity index (χ0v) is 11.1. The quantitative estimate of drug-likeness (QED) is 0.853. The van der Waals surface area contributed by atoms with Crippen molar-refractivity contribution in [2.24, 2.45) is 11.7 Å². The van der Waals surface area contributed by atoms with E-state index in [0.29, 0.717) is 12.5 Å². The molecule has 98 valence electrons. The van der Waals surface area contributed by atoms with Gasteiger partial charge >= 0.3 is 0 Å². The second-order valence-electron chi connectivity index (χ2n) is 4.83. The van der Waals surface area contributed by atoms with E-state index in [1.807, 2.05) is 0 Å². The normalized spacial score (nSPS) is 15.3. The van der Waals surface area contributed by atoms with Crippen molar-refractivity contribution >= 4 is 22.9 Å². The smallest absolute Gasteiger partial charge is 0.150 e. The number of benzene rings is 1. The third kappa shape index (κ3) is 2.61. The lowest BCUT2D eigenvalue weighted by molar-refractivity contribution is 0.320. The van der Waals surface area contributed by atoms with E-state index < -0.39 is 11.6 Å². The third-order valence-electron chi connectivity index (χ3n) is 3.44. The number of thiocarbonyl (C=S) groups is 1. The molecule has 1 aromatic carbocycles. The SMILES string of the molecule is CN(CC1CCC1)c1c(F)cc(C(N)=S)cc1F. The number of nitrogens with two attached hydrogens (primary N) is 1. The van der Waals surface area contributed by atoms with E-state index in [2.05, 4.69) is 0 Å². The first-order chi connectivity index (χ1) is 8.49. The van der Waals surface area contributed by atoms with Crippen molar-refractivity contribution in [1.82, 2.24) is 0 Å². The predicted molar refractivity (Wildman–Crippen MR) is 72.9 cm³/mol. The van der Waals surface area contributed by atoms with Gasteiger partial charge in [-0.25, -0.2) is 8.78 Å². The molecule has 1 fully saturated rings. The Balaban J connectivity index is 2.23. The molecule has 0 radical (unpaired) electrons. The van der Waals surface area contributed by atoms with Crippen LogP contribution in [-0.4, -0.2) is 18.6 Å². The van der Waals surface area contributed by atoms with Gasteiger partial charge in [-0.3, -0.25) is 0 Å². The maximum absolute atomic E-state index is 13.9. The number of halogens is 2. The van der Waals surface area contributed by atoms with E-state index >= 15 is 0 Å². The zero-order chi connectivity index (χ0) is 13.3. The molecular weight excluding hydrogens is 254 g/mol. The number of anilines is 1. The average Bonchev–Trinajstić information content (AvgIpc) is 2.22. The Morgan fingerprint density at radius 3 is 2.33 bits per heavy atom. The summed E-state index contributed by atoms with van der Waals surface area (Å²) in [5, 5.41) is 0. The second kappa shape index (κ2) is 5.18. The van der Waals surface area contributed by atoms with E-state index in [9.17, 15) is 8.78 Å². The topological polar surface area (TPSA) is 29.3 Å². The molecule has 0 spiro atoms. The molecule has 5 heteroatoms. The van der Waals surface area contributed by atoms with Crippen LogP contribution in [0.15, 0.2) is 12.1 Å². The Morgan fingerprint density at radius 2 is 1.94 bits per heavy atom. The fourth-order valence-electron chi connectivity index (χ4n) is 2.23. The van der Waals surface area contributed by atoms with Gasteiger partial charge in [0, 0.05) is 19.2 Å². The summed E-state index contributed by atoms with van der Waals surface area (Å²) in [6.07, 6.45) is 3.49. The summed E-state index contributed by atoms with van der Waals surface area (Å²) in [4.78, 5) is 1.64. The van der Waals surface area contributed by atoms with Crippen molar-refractivity contribution in [3.63, 3.8) is 0 Å². The van der Waals surface area contributed by atoms with E-state index in [0.717, 1.165) is 12.8 Å². The summed E-state index contributed by atoms with van der Waals surface area (Å²) in [7, 11) is 1.71. The molecule has 2 N–H and O–H groups in total. The zero-order valence-electron chi connectivity index (χ0n) is 10.2. The molecule has 0 atom stereocenters. The molecule has 1 saturated carbocycles. The van der Waals surface area contributed by atoms with Gasteiger partial charge in [0.1, 0.15) is 22.3 Å². The first-order valence-electron chi connectivity index (χ1n) is 5.99. The van der Waals surface area contributed by atoms with E-state index in [-0.39, 0.29) is 16.2 Å². The van der Waals surface area contributed by atoms with Gasteiger partial charge in [-0.2, -0.15) is 0 Å². The Labute approximate surface area is 111 Å². The summed E-state index contributed by atoms with van der Waals surface area (Å²) >= 11 is 4.72. The van der Waals surface area contributed by atoms with Crippen molar-refractivity contribution in [3.8, 4) is 0 Å². The lowest BCUT2D eigenvalue weighted by atomic mass is 9.85. The molecule has 0 aromatic heterocycles. The van der Waals surface area contributed by atoms with Crippen LogP contribution < -0.4 is 10.6 Å². The number of nitrogens with zero attached hydrogens (tertiary/aromatic N) is 1. The first kappa shape index (κ1) is 13.2. The molecule has 0 unspecified atom stereocenters. The van der Waals surface area contributed by atoms with Gasteiger partial charge in [0.25, 0.3) is 0 Å². The fraction of sp³-hybridized carbons (Fsp3) is 0.462. The van der Waals surface area contributed by atoms with Crippen molar-refractivity contribution in [1.29, 1.82) is 0 Å². The van der Waals surface area contributed by atoms with Gasteiger partial charge < -0.3 is 10.6 Å². The van der Waals surface area contributed by atoms with Crippen LogP contribution in [0.1, 0.15) is 24.8 Å². The summed E-state index contributed by atoms with van der Waals surface area (Å²) in [6.45, 7) is 0.681. The van der Waals surface area contributed by atoms with E-state index in [1.54, 1.807) is 11.9 Å². The molecule has 0 aliphatic heterocycles. The third-order valence-corrected chi connectivity index (χ3v) is 3.68.